The average molecular weight is 225 g/mol. The van der Waals surface area contributed by atoms with Crippen molar-refractivity contribution in [1.82, 2.24) is 5.32 Å². The van der Waals surface area contributed by atoms with Crippen LogP contribution in [0, 0.1) is 5.92 Å². The number of hydrogen-bond acceptors (Lipinski definition) is 2. The van der Waals surface area contributed by atoms with Crippen LogP contribution in [0.3, 0.4) is 0 Å². The SMILES string of the molecule is CCCC(C)C(=O)NCCc1cccs1. The van der Waals surface area contributed by atoms with E-state index in [2.05, 4.69) is 23.7 Å². The first-order valence-electron chi connectivity index (χ1n) is 5.54. The van der Waals surface area contributed by atoms with E-state index in [1.54, 1.807) is 11.3 Å². The summed E-state index contributed by atoms with van der Waals surface area (Å²) in [6, 6.07) is 4.15. The standard InChI is InChI=1S/C12H19NOS/c1-3-5-10(2)12(14)13-8-7-11-6-4-9-15-11/h4,6,9-10H,3,5,7-8H2,1-2H3,(H,13,14). The van der Waals surface area contributed by atoms with Crippen molar-refractivity contribution in [1.29, 1.82) is 0 Å². The summed E-state index contributed by atoms with van der Waals surface area (Å²) in [5, 5.41) is 5.04. The number of hydrogen-bond donors (Lipinski definition) is 1. The van der Waals surface area contributed by atoms with Crippen molar-refractivity contribution < 1.29 is 4.79 Å². The number of carbonyl (C=O) groups is 1. The van der Waals surface area contributed by atoms with Crippen LogP contribution in [-0.2, 0) is 11.2 Å². The minimum absolute atomic E-state index is 0.151. The van der Waals surface area contributed by atoms with E-state index in [0.29, 0.717) is 0 Å². The minimum Gasteiger partial charge on any atom is -0.356 e. The summed E-state index contributed by atoms with van der Waals surface area (Å²) >= 11 is 1.74. The molecule has 1 atom stereocenters. The van der Waals surface area contributed by atoms with Crippen LogP contribution in [0.1, 0.15) is 31.6 Å². The molecule has 0 bridgehead atoms. The molecule has 0 spiro atoms. The van der Waals surface area contributed by atoms with Gasteiger partial charge in [0.1, 0.15) is 0 Å². The van der Waals surface area contributed by atoms with Gasteiger partial charge >= 0.3 is 0 Å². The lowest BCUT2D eigenvalue weighted by Crippen LogP contribution is -2.30. The van der Waals surface area contributed by atoms with E-state index in [-0.39, 0.29) is 11.8 Å². The number of amides is 1. The second-order valence-corrected chi connectivity index (χ2v) is 4.84. The summed E-state index contributed by atoms with van der Waals surface area (Å²) in [5.74, 6) is 0.340. The first-order chi connectivity index (χ1) is 7.24. The highest BCUT2D eigenvalue weighted by molar-refractivity contribution is 7.09. The fourth-order valence-corrected chi connectivity index (χ4v) is 2.21. The average Bonchev–Trinajstić information content (AvgIpc) is 2.71. The lowest BCUT2D eigenvalue weighted by atomic mass is 10.1. The quantitative estimate of drug-likeness (QED) is 0.792. The molecular formula is C12H19NOS. The number of carbonyl (C=O) groups excluding carboxylic acids is 1. The molecule has 1 rings (SSSR count). The molecule has 0 aromatic carbocycles. The summed E-state index contributed by atoms with van der Waals surface area (Å²) in [6.07, 6.45) is 2.99. The summed E-state index contributed by atoms with van der Waals surface area (Å²) < 4.78 is 0. The van der Waals surface area contributed by atoms with Gasteiger partial charge < -0.3 is 5.32 Å². The van der Waals surface area contributed by atoms with Crippen LogP contribution < -0.4 is 5.32 Å². The molecule has 0 radical (unpaired) electrons. The third-order valence-electron chi connectivity index (χ3n) is 2.42. The van der Waals surface area contributed by atoms with Crippen LogP contribution in [0.2, 0.25) is 0 Å². The Morgan fingerprint density at radius 2 is 2.40 bits per heavy atom. The Morgan fingerprint density at radius 3 is 3.00 bits per heavy atom. The first kappa shape index (κ1) is 12.2. The normalized spacial score (nSPS) is 12.4. The Balaban J connectivity index is 2.17. The number of thiophene rings is 1. The van der Waals surface area contributed by atoms with E-state index in [1.165, 1.54) is 4.88 Å². The van der Waals surface area contributed by atoms with Gasteiger partial charge in [-0.2, -0.15) is 0 Å². The lowest BCUT2D eigenvalue weighted by molar-refractivity contribution is -0.124. The van der Waals surface area contributed by atoms with Gasteiger partial charge in [-0.05, 0) is 24.3 Å². The topological polar surface area (TPSA) is 29.1 Å². The van der Waals surface area contributed by atoms with Crippen molar-refractivity contribution in [3.05, 3.63) is 22.4 Å². The van der Waals surface area contributed by atoms with Gasteiger partial charge in [0.15, 0.2) is 0 Å². The molecule has 1 heterocycles. The molecule has 3 heteroatoms. The highest BCUT2D eigenvalue weighted by atomic mass is 32.1. The van der Waals surface area contributed by atoms with Gasteiger partial charge in [-0.3, -0.25) is 4.79 Å². The fraction of sp³-hybridized carbons (Fsp3) is 0.583. The molecule has 2 nitrogen and oxygen atoms in total. The van der Waals surface area contributed by atoms with Crippen LogP contribution in [0.25, 0.3) is 0 Å². The Kier molecular flexibility index (Phi) is 5.40. The van der Waals surface area contributed by atoms with E-state index in [1.807, 2.05) is 13.0 Å². The van der Waals surface area contributed by atoms with Crippen molar-refractivity contribution in [2.45, 2.75) is 33.1 Å². The summed E-state index contributed by atoms with van der Waals surface area (Å²) in [5.41, 5.74) is 0. The molecule has 1 unspecified atom stereocenters. The Hall–Kier alpha value is -0.830. The summed E-state index contributed by atoms with van der Waals surface area (Å²) in [4.78, 5) is 12.9. The fourth-order valence-electron chi connectivity index (χ4n) is 1.50. The van der Waals surface area contributed by atoms with E-state index < -0.39 is 0 Å². The molecule has 0 aliphatic heterocycles. The highest BCUT2D eigenvalue weighted by Crippen LogP contribution is 2.09. The second kappa shape index (κ2) is 6.62. The van der Waals surface area contributed by atoms with E-state index in [0.717, 1.165) is 25.8 Å². The van der Waals surface area contributed by atoms with Crippen molar-refractivity contribution in [3.8, 4) is 0 Å². The molecule has 1 N–H and O–H groups in total. The molecule has 0 aliphatic carbocycles. The molecule has 0 aliphatic rings. The van der Waals surface area contributed by atoms with Crippen molar-refractivity contribution in [2.24, 2.45) is 5.92 Å². The van der Waals surface area contributed by atoms with Gasteiger partial charge in [0.2, 0.25) is 5.91 Å². The maximum atomic E-state index is 11.6. The van der Waals surface area contributed by atoms with Crippen molar-refractivity contribution in [2.75, 3.05) is 6.54 Å². The lowest BCUT2D eigenvalue weighted by Gasteiger charge is -2.10. The van der Waals surface area contributed by atoms with Crippen LogP contribution in [0.5, 0.6) is 0 Å². The van der Waals surface area contributed by atoms with Gasteiger partial charge in [0, 0.05) is 17.3 Å². The Morgan fingerprint density at radius 1 is 1.60 bits per heavy atom. The van der Waals surface area contributed by atoms with Gasteiger partial charge in [-0.1, -0.05) is 26.3 Å². The van der Waals surface area contributed by atoms with Crippen LogP contribution in [0.4, 0.5) is 0 Å². The van der Waals surface area contributed by atoms with Crippen molar-refractivity contribution in [3.63, 3.8) is 0 Å². The molecule has 1 amide bonds. The third kappa shape index (κ3) is 4.47. The zero-order valence-corrected chi connectivity index (χ0v) is 10.3. The minimum atomic E-state index is 0.151. The monoisotopic (exact) mass is 225 g/mol. The van der Waals surface area contributed by atoms with Crippen LogP contribution in [-0.4, -0.2) is 12.5 Å². The maximum absolute atomic E-state index is 11.6. The van der Waals surface area contributed by atoms with Gasteiger partial charge in [-0.15, -0.1) is 11.3 Å². The third-order valence-corrected chi connectivity index (χ3v) is 3.36. The largest absolute Gasteiger partial charge is 0.356 e. The molecule has 84 valence electrons. The highest BCUT2D eigenvalue weighted by Gasteiger charge is 2.10. The summed E-state index contributed by atoms with van der Waals surface area (Å²) in [6.45, 7) is 4.85. The molecule has 15 heavy (non-hydrogen) atoms. The molecule has 0 saturated carbocycles. The van der Waals surface area contributed by atoms with E-state index in [9.17, 15) is 4.79 Å². The molecule has 0 saturated heterocycles. The molecule has 0 fully saturated rings. The van der Waals surface area contributed by atoms with Gasteiger partial charge in [0.05, 0.1) is 0 Å². The van der Waals surface area contributed by atoms with Crippen molar-refractivity contribution >= 4 is 17.2 Å². The van der Waals surface area contributed by atoms with Crippen LogP contribution in [0.15, 0.2) is 17.5 Å². The zero-order valence-electron chi connectivity index (χ0n) is 9.45. The zero-order chi connectivity index (χ0) is 11.1. The van der Waals surface area contributed by atoms with Gasteiger partial charge in [0.25, 0.3) is 0 Å². The van der Waals surface area contributed by atoms with E-state index >= 15 is 0 Å². The molecule has 1 aromatic rings. The Bertz CT molecular complexity index is 282. The smallest absolute Gasteiger partial charge is 0.222 e. The summed E-state index contributed by atoms with van der Waals surface area (Å²) in [7, 11) is 0. The Labute approximate surface area is 95.7 Å². The van der Waals surface area contributed by atoms with E-state index in [4.69, 9.17) is 0 Å². The molecule has 1 aromatic heterocycles. The maximum Gasteiger partial charge on any atom is 0.222 e. The second-order valence-electron chi connectivity index (χ2n) is 3.81. The number of nitrogens with one attached hydrogen (secondary N) is 1. The van der Waals surface area contributed by atoms with Gasteiger partial charge in [-0.25, -0.2) is 0 Å². The predicted molar refractivity (Wildman–Crippen MR) is 65.1 cm³/mol. The first-order valence-corrected chi connectivity index (χ1v) is 6.42. The predicted octanol–water partition coefficient (Wildman–Crippen LogP) is 2.84. The van der Waals surface area contributed by atoms with Crippen LogP contribution >= 0.6 is 11.3 Å². The number of rotatable bonds is 6. The molecular weight excluding hydrogens is 206 g/mol.